The van der Waals surface area contributed by atoms with Gasteiger partial charge in [-0.15, -0.1) is 4.58 Å². The molecule has 2 aliphatic heterocycles. The van der Waals surface area contributed by atoms with Gasteiger partial charge in [-0.05, 0) is 25.7 Å². The van der Waals surface area contributed by atoms with Crippen LogP contribution < -0.4 is 4.58 Å². The van der Waals surface area contributed by atoms with Crippen molar-refractivity contribution in [1.29, 1.82) is 0 Å². The standard InChI is InChI=1S/C19H20NO/c1-3-9-17-15(7-1)12-13-16-8-2-4-10-18(16)20(17)19-11-5-6-14-21-19/h1-4,7-10H,5-6,11-14H2/q+1. The lowest BCUT2D eigenvalue weighted by atomic mass is 10.0. The fourth-order valence-corrected chi connectivity index (χ4v) is 3.37. The molecule has 1 saturated heterocycles. The van der Waals surface area contributed by atoms with E-state index in [2.05, 4.69) is 53.1 Å². The van der Waals surface area contributed by atoms with Crippen LogP contribution in [0.25, 0.3) is 0 Å². The second kappa shape index (κ2) is 5.36. The molecule has 0 saturated carbocycles. The minimum absolute atomic E-state index is 0.843. The topological polar surface area (TPSA) is 12.2 Å². The van der Waals surface area contributed by atoms with E-state index in [1.807, 2.05) is 0 Å². The molecule has 0 aliphatic carbocycles. The van der Waals surface area contributed by atoms with E-state index in [4.69, 9.17) is 4.74 Å². The zero-order chi connectivity index (χ0) is 14.1. The molecule has 106 valence electrons. The van der Waals surface area contributed by atoms with Crippen LogP contribution in [-0.2, 0) is 17.6 Å². The third-order valence-corrected chi connectivity index (χ3v) is 4.43. The Labute approximate surface area is 125 Å². The monoisotopic (exact) mass is 278 g/mol. The summed E-state index contributed by atoms with van der Waals surface area (Å²) in [6.07, 6.45) is 5.60. The van der Waals surface area contributed by atoms with E-state index >= 15 is 0 Å². The smallest absolute Gasteiger partial charge is 0.348 e. The number of aryl methyl sites for hydroxylation is 2. The molecular formula is C19H20NO+. The van der Waals surface area contributed by atoms with Crippen molar-refractivity contribution in [2.75, 3.05) is 6.61 Å². The maximum Gasteiger partial charge on any atom is 0.348 e. The third-order valence-electron chi connectivity index (χ3n) is 4.43. The van der Waals surface area contributed by atoms with Gasteiger partial charge in [0, 0.05) is 23.3 Å². The van der Waals surface area contributed by atoms with Crippen molar-refractivity contribution >= 4 is 17.3 Å². The zero-order valence-electron chi connectivity index (χ0n) is 12.2. The Bertz CT molecular complexity index is 645. The van der Waals surface area contributed by atoms with Crippen molar-refractivity contribution in [2.45, 2.75) is 32.1 Å². The first-order valence-corrected chi connectivity index (χ1v) is 7.88. The normalized spacial score (nSPS) is 17.5. The first kappa shape index (κ1) is 12.6. The van der Waals surface area contributed by atoms with Crippen molar-refractivity contribution < 1.29 is 4.74 Å². The number of hydrogen-bond acceptors (Lipinski definition) is 1. The van der Waals surface area contributed by atoms with Crippen molar-refractivity contribution in [2.24, 2.45) is 0 Å². The predicted molar refractivity (Wildman–Crippen MR) is 86.6 cm³/mol. The lowest BCUT2D eigenvalue weighted by molar-refractivity contribution is 0.254. The number of rotatable bonds is 0. The summed E-state index contributed by atoms with van der Waals surface area (Å²) in [4.78, 5) is 0. The Morgan fingerprint density at radius 2 is 1.33 bits per heavy atom. The second-order valence-electron chi connectivity index (χ2n) is 5.79. The van der Waals surface area contributed by atoms with Crippen molar-refractivity contribution in [3.05, 3.63) is 59.7 Å². The lowest BCUT2D eigenvalue weighted by Crippen LogP contribution is -2.24. The summed E-state index contributed by atoms with van der Waals surface area (Å²) in [5, 5.41) is 0. The maximum absolute atomic E-state index is 6.03. The van der Waals surface area contributed by atoms with E-state index in [9.17, 15) is 0 Å². The number of nitrogens with zero attached hydrogens (tertiary/aromatic N) is 1. The van der Waals surface area contributed by atoms with Gasteiger partial charge in [-0.3, -0.25) is 0 Å². The molecule has 21 heavy (non-hydrogen) atoms. The molecule has 0 bridgehead atoms. The SMILES string of the molecule is c1ccc2c(c1)CCc1ccccc1[N+]2=C1CCCCO1. The Morgan fingerprint density at radius 1 is 0.714 bits per heavy atom. The van der Waals surface area contributed by atoms with Gasteiger partial charge in [-0.1, -0.05) is 36.4 Å². The fraction of sp³-hybridized carbons (Fsp3) is 0.316. The molecule has 1 fully saturated rings. The van der Waals surface area contributed by atoms with Gasteiger partial charge < -0.3 is 4.74 Å². The van der Waals surface area contributed by atoms with Gasteiger partial charge in [0.15, 0.2) is 0 Å². The van der Waals surface area contributed by atoms with Crippen molar-refractivity contribution in [3.8, 4) is 0 Å². The fourth-order valence-electron chi connectivity index (χ4n) is 3.37. The maximum atomic E-state index is 6.03. The molecule has 0 unspecified atom stereocenters. The van der Waals surface area contributed by atoms with Crippen LogP contribution >= 0.6 is 0 Å². The molecule has 2 aromatic rings. The zero-order valence-corrected chi connectivity index (χ0v) is 12.2. The average Bonchev–Trinajstić information content (AvgIpc) is 2.72. The highest BCUT2D eigenvalue weighted by atomic mass is 16.5. The van der Waals surface area contributed by atoms with Crippen LogP contribution in [-0.4, -0.2) is 12.5 Å². The minimum Gasteiger partial charge on any atom is -0.447 e. The molecular weight excluding hydrogens is 258 g/mol. The highest BCUT2D eigenvalue weighted by molar-refractivity contribution is 5.86. The highest BCUT2D eigenvalue weighted by Gasteiger charge is 2.30. The summed E-state index contributed by atoms with van der Waals surface area (Å²) in [6, 6.07) is 17.5. The quantitative estimate of drug-likeness (QED) is 0.657. The molecule has 0 N–H and O–H groups in total. The molecule has 2 nitrogen and oxygen atoms in total. The number of benzene rings is 2. The first-order chi connectivity index (χ1) is 10.4. The summed E-state index contributed by atoms with van der Waals surface area (Å²) >= 11 is 0. The van der Waals surface area contributed by atoms with Crippen LogP contribution in [0.1, 0.15) is 30.4 Å². The van der Waals surface area contributed by atoms with Crippen molar-refractivity contribution in [1.82, 2.24) is 4.58 Å². The Morgan fingerprint density at radius 3 is 1.90 bits per heavy atom. The Kier molecular flexibility index (Phi) is 3.23. The minimum atomic E-state index is 0.843. The van der Waals surface area contributed by atoms with Gasteiger partial charge in [-0.2, -0.15) is 0 Å². The van der Waals surface area contributed by atoms with Crippen LogP contribution in [0.15, 0.2) is 48.5 Å². The Balaban J connectivity index is 1.98. The summed E-state index contributed by atoms with van der Waals surface area (Å²) in [5.41, 5.74) is 5.41. The number of ether oxygens (including phenoxy) is 1. The van der Waals surface area contributed by atoms with E-state index in [0.717, 1.165) is 31.8 Å². The van der Waals surface area contributed by atoms with Gasteiger partial charge in [0.25, 0.3) is 0 Å². The summed E-state index contributed by atoms with van der Waals surface area (Å²) in [5.74, 6) is 1.11. The summed E-state index contributed by atoms with van der Waals surface area (Å²) in [6.45, 7) is 0.843. The molecule has 2 aliphatic rings. The molecule has 0 amide bonds. The largest absolute Gasteiger partial charge is 0.447 e. The van der Waals surface area contributed by atoms with Crippen LogP contribution in [0, 0.1) is 0 Å². The molecule has 2 aromatic carbocycles. The van der Waals surface area contributed by atoms with Gasteiger partial charge in [0.2, 0.25) is 11.4 Å². The van der Waals surface area contributed by atoms with Crippen LogP contribution in [0.3, 0.4) is 0 Å². The van der Waals surface area contributed by atoms with Crippen LogP contribution in [0.2, 0.25) is 0 Å². The Hall–Kier alpha value is -2.09. The number of fused-ring (bicyclic) bond motifs is 2. The van der Waals surface area contributed by atoms with Gasteiger partial charge in [0.05, 0.1) is 13.0 Å². The van der Waals surface area contributed by atoms with Gasteiger partial charge in [-0.25, -0.2) is 0 Å². The number of para-hydroxylation sites is 2. The highest BCUT2D eigenvalue weighted by Crippen LogP contribution is 2.33. The molecule has 0 atom stereocenters. The van der Waals surface area contributed by atoms with Crippen LogP contribution in [0.5, 0.6) is 0 Å². The summed E-state index contributed by atoms with van der Waals surface area (Å²) < 4.78 is 8.39. The van der Waals surface area contributed by atoms with E-state index in [0.29, 0.717) is 0 Å². The number of hydrogen-bond donors (Lipinski definition) is 0. The van der Waals surface area contributed by atoms with Crippen molar-refractivity contribution in [3.63, 3.8) is 0 Å². The summed E-state index contributed by atoms with van der Waals surface area (Å²) in [7, 11) is 0. The lowest BCUT2D eigenvalue weighted by Gasteiger charge is -2.15. The molecule has 2 heteroatoms. The molecule has 0 radical (unpaired) electrons. The van der Waals surface area contributed by atoms with Gasteiger partial charge in [0.1, 0.15) is 0 Å². The van der Waals surface area contributed by atoms with E-state index in [-0.39, 0.29) is 0 Å². The third kappa shape index (κ3) is 2.25. The average molecular weight is 278 g/mol. The molecule has 4 rings (SSSR count). The van der Waals surface area contributed by atoms with E-state index < -0.39 is 0 Å². The first-order valence-electron chi connectivity index (χ1n) is 7.88. The molecule has 0 spiro atoms. The molecule has 2 heterocycles. The predicted octanol–water partition coefficient (Wildman–Crippen LogP) is 4.22. The second-order valence-corrected chi connectivity index (χ2v) is 5.79. The molecule has 0 aromatic heterocycles. The van der Waals surface area contributed by atoms with E-state index in [1.165, 1.54) is 35.3 Å². The van der Waals surface area contributed by atoms with Gasteiger partial charge >= 0.3 is 5.90 Å². The van der Waals surface area contributed by atoms with Crippen LogP contribution in [0.4, 0.5) is 11.4 Å². The van der Waals surface area contributed by atoms with E-state index in [1.54, 1.807) is 0 Å².